The summed E-state index contributed by atoms with van der Waals surface area (Å²) in [6.07, 6.45) is 4.38. The van der Waals surface area contributed by atoms with Crippen molar-refractivity contribution in [3.8, 4) is 5.75 Å². The molecule has 12 nitrogen and oxygen atoms in total. The minimum Gasteiger partial charge on any atom is -0.424 e. The minimum absolute atomic E-state index is 0.0959. The maximum atomic E-state index is 12.6. The molecule has 3 aromatic rings. The lowest BCUT2D eigenvalue weighted by atomic mass is 10.2. The third kappa shape index (κ3) is 6.01. The second-order valence-corrected chi connectivity index (χ2v) is 10.5. The number of hydrogen-bond donors (Lipinski definition) is 1. The molecule has 2 aliphatic rings. The van der Waals surface area contributed by atoms with Crippen LogP contribution in [0.2, 0.25) is 0 Å². The van der Waals surface area contributed by atoms with Crippen molar-refractivity contribution in [2.75, 3.05) is 46.2 Å². The van der Waals surface area contributed by atoms with Gasteiger partial charge in [0.25, 0.3) is 11.8 Å². The van der Waals surface area contributed by atoms with Crippen molar-refractivity contribution in [2.24, 2.45) is 9.98 Å². The fourth-order valence-electron chi connectivity index (χ4n) is 4.28. The zero-order valence-corrected chi connectivity index (χ0v) is 23.5. The summed E-state index contributed by atoms with van der Waals surface area (Å²) in [5.74, 6) is 0.716. The smallest absolute Gasteiger partial charge is 0.322 e. The number of aliphatic imine (C=N–C) groups is 2. The van der Waals surface area contributed by atoms with Crippen molar-refractivity contribution in [1.82, 2.24) is 24.7 Å². The molecule has 2 aromatic heterocycles. The van der Waals surface area contributed by atoms with E-state index in [0.29, 0.717) is 47.6 Å². The maximum Gasteiger partial charge on any atom is 0.322 e. The Balaban J connectivity index is 1.41. The number of nitrogens with zero attached hydrogens (tertiary/aromatic N) is 7. The van der Waals surface area contributed by atoms with Crippen LogP contribution >= 0.6 is 11.3 Å². The number of amides is 2. The molecule has 0 radical (unpaired) electrons. The Kier molecular flexibility index (Phi) is 8.14. The molecule has 1 saturated heterocycles. The van der Waals surface area contributed by atoms with Crippen molar-refractivity contribution in [3.63, 3.8) is 0 Å². The van der Waals surface area contributed by atoms with Crippen LogP contribution < -0.4 is 10.1 Å². The van der Waals surface area contributed by atoms with E-state index < -0.39 is 6.29 Å². The SMILES string of the molecule is CC1COCCN1C1N=C(Oc2ccc(C(=O)N(C)C)cc2)N=C(c2cnc(NC(=O)c3cccnc3)s2)N1C. The van der Waals surface area contributed by atoms with Gasteiger partial charge in [-0.3, -0.25) is 24.8 Å². The van der Waals surface area contributed by atoms with E-state index in [1.54, 1.807) is 62.9 Å². The Bertz CT molecular complexity index is 1420. The van der Waals surface area contributed by atoms with Crippen LogP contribution in [-0.2, 0) is 4.74 Å². The van der Waals surface area contributed by atoms with Crippen LogP contribution in [0.25, 0.3) is 0 Å². The largest absolute Gasteiger partial charge is 0.424 e. The topological polar surface area (TPSA) is 125 Å². The monoisotopic (exact) mass is 562 g/mol. The fourth-order valence-corrected chi connectivity index (χ4v) is 5.13. The molecule has 0 bridgehead atoms. The number of carbonyl (C=O) groups is 2. The first-order chi connectivity index (χ1) is 19.3. The average Bonchev–Trinajstić information content (AvgIpc) is 3.43. The van der Waals surface area contributed by atoms with Gasteiger partial charge in [0.1, 0.15) is 5.75 Å². The van der Waals surface area contributed by atoms with Crippen LogP contribution in [0.4, 0.5) is 5.13 Å². The lowest BCUT2D eigenvalue weighted by Crippen LogP contribution is -2.57. The highest BCUT2D eigenvalue weighted by Crippen LogP contribution is 2.26. The molecule has 2 amide bonds. The Morgan fingerprint density at radius 3 is 2.65 bits per heavy atom. The highest BCUT2D eigenvalue weighted by molar-refractivity contribution is 7.17. The molecule has 0 spiro atoms. The zero-order chi connectivity index (χ0) is 28.2. The van der Waals surface area contributed by atoms with Gasteiger partial charge in [0.2, 0.25) is 0 Å². The molecular weight excluding hydrogens is 532 g/mol. The highest BCUT2D eigenvalue weighted by Gasteiger charge is 2.35. The van der Waals surface area contributed by atoms with Gasteiger partial charge in [-0.25, -0.2) is 4.98 Å². The summed E-state index contributed by atoms with van der Waals surface area (Å²) in [6, 6.07) is 10.5. The predicted molar refractivity (Wildman–Crippen MR) is 152 cm³/mol. The summed E-state index contributed by atoms with van der Waals surface area (Å²) < 4.78 is 11.7. The number of anilines is 1. The summed E-state index contributed by atoms with van der Waals surface area (Å²) >= 11 is 1.30. The number of pyridine rings is 1. The Morgan fingerprint density at radius 2 is 1.95 bits per heavy atom. The van der Waals surface area contributed by atoms with Crippen LogP contribution in [0, 0.1) is 0 Å². The van der Waals surface area contributed by atoms with Gasteiger partial charge in [-0.2, -0.15) is 9.98 Å². The van der Waals surface area contributed by atoms with E-state index in [2.05, 4.69) is 27.1 Å². The van der Waals surface area contributed by atoms with Crippen molar-refractivity contribution in [3.05, 3.63) is 71.0 Å². The Labute approximate surface area is 236 Å². The number of morpholine rings is 1. The molecule has 0 aliphatic carbocycles. The summed E-state index contributed by atoms with van der Waals surface area (Å²) in [5.41, 5.74) is 0.992. The third-order valence-corrected chi connectivity index (χ3v) is 7.32. The van der Waals surface area contributed by atoms with Gasteiger partial charge >= 0.3 is 6.02 Å². The lowest BCUT2D eigenvalue weighted by Gasteiger charge is -2.42. The van der Waals surface area contributed by atoms with Crippen molar-refractivity contribution in [1.29, 1.82) is 0 Å². The molecule has 4 heterocycles. The molecule has 1 fully saturated rings. The normalized spacial score (nSPS) is 19.4. The molecule has 1 N–H and O–H groups in total. The fraction of sp³-hybridized carbons (Fsp3) is 0.333. The second-order valence-electron chi connectivity index (χ2n) is 9.52. The van der Waals surface area contributed by atoms with Gasteiger partial charge < -0.3 is 19.3 Å². The number of thiazole rings is 1. The standard InChI is InChI=1S/C27H30N8O4S/c1-17-16-38-13-12-35(17)27-32-25(39-20-9-7-18(8-10-20)24(37)33(2)3)30-22(34(27)4)21-15-29-26(40-21)31-23(36)19-6-5-11-28-14-19/h5-11,14-15,17,27H,12-13,16H2,1-4H3,(H,29,31,36). The van der Waals surface area contributed by atoms with Crippen molar-refractivity contribution >= 4 is 40.1 Å². The number of benzene rings is 1. The Hall–Kier alpha value is -4.20. The van der Waals surface area contributed by atoms with E-state index in [0.717, 1.165) is 4.88 Å². The highest BCUT2D eigenvalue weighted by atomic mass is 32.1. The van der Waals surface area contributed by atoms with Crippen LogP contribution in [0.5, 0.6) is 5.75 Å². The predicted octanol–water partition coefficient (Wildman–Crippen LogP) is 2.62. The van der Waals surface area contributed by atoms with Crippen molar-refractivity contribution in [2.45, 2.75) is 19.3 Å². The average molecular weight is 563 g/mol. The number of aromatic nitrogens is 2. The number of carbonyl (C=O) groups excluding carboxylic acids is 2. The maximum absolute atomic E-state index is 12.6. The molecule has 13 heteroatoms. The summed E-state index contributed by atoms with van der Waals surface area (Å²) in [5, 5.41) is 3.26. The van der Waals surface area contributed by atoms with Crippen LogP contribution in [0.15, 0.2) is 65.0 Å². The number of rotatable bonds is 6. The number of ether oxygens (including phenoxy) is 2. The molecule has 5 rings (SSSR count). The van der Waals surface area contributed by atoms with Gasteiger partial charge in [-0.05, 0) is 43.3 Å². The van der Waals surface area contributed by atoms with Gasteiger partial charge in [-0.15, -0.1) is 0 Å². The summed E-state index contributed by atoms with van der Waals surface area (Å²) in [6.45, 7) is 3.97. The summed E-state index contributed by atoms with van der Waals surface area (Å²) in [7, 11) is 5.33. The van der Waals surface area contributed by atoms with Crippen LogP contribution in [0.1, 0.15) is 32.5 Å². The van der Waals surface area contributed by atoms with Gasteiger partial charge in [0.05, 0.1) is 29.9 Å². The van der Waals surface area contributed by atoms with E-state index in [9.17, 15) is 9.59 Å². The Morgan fingerprint density at radius 1 is 1.15 bits per heavy atom. The molecule has 208 valence electrons. The van der Waals surface area contributed by atoms with E-state index >= 15 is 0 Å². The minimum atomic E-state index is -0.397. The second kappa shape index (κ2) is 11.9. The zero-order valence-electron chi connectivity index (χ0n) is 22.6. The molecular formula is C27H30N8O4S. The number of nitrogens with one attached hydrogen (secondary N) is 1. The first kappa shape index (κ1) is 27.4. The van der Waals surface area contributed by atoms with Gasteiger partial charge in [-0.1, -0.05) is 11.3 Å². The first-order valence-electron chi connectivity index (χ1n) is 12.7. The first-order valence-corrected chi connectivity index (χ1v) is 13.5. The number of hydrogen-bond acceptors (Lipinski definition) is 11. The molecule has 0 saturated carbocycles. The molecule has 1 aromatic carbocycles. The van der Waals surface area contributed by atoms with E-state index in [1.807, 2.05) is 11.9 Å². The lowest BCUT2D eigenvalue weighted by molar-refractivity contribution is -0.0445. The quantitative estimate of drug-likeness (QED) is 0.486. The molecule has 2 aliphatic heterocycles. The molecule has 40 heavy (non-hydrogen) atoms. The van der Waals surface area contributed by atoms with E-state index in [4.69, 9.17) is 19.5 Å². The molecule has 2 unspecified atom stereocenters. The van der Waals surface area contributed by atoms with Crippen LogP contribution in [0.3, 0.4) is 0 Å². The van der Waals surface area contributed by atoms with Gasteiger partial charge in [0, 0.05) is 51.7 Å². The number of amidine groups is 2. The van der Waals surface area contributed by atoms with E-state index in [-0.39, 0.29) is 23.9 Å². The molecule has 2 atom stereocenters. The summed E-state index contributed by atoms with van der Waals surface area (Å²) in [4.78, 5) is 49.3. The van der Waals surface area contributed by atoms with Gasteiger partial charge in [0.15, 0.2) is 17.3 Å². The third-order valence-electron chi connectivity index (χ3n) is 6.41. The van der Waals surface area contributed by atoms with Crippen molar-refractivity contribution < 1.29 is 19.1 Å². The van der Waals surface area contributed by atoms with E-state index in [1.165, 1.54) is 22.4 Å². The van der Waals surface area contributed by atoms with Crippen LogP contribution in [-0.4, -0.2) is 102 Å².